The normalized spacial score (nSPS) is 12.2. The van der Waals surface area contributed by atoms with E-state index in [9.17, 15) is 14.7 Å². The monoisotopic (exact) mass is 452 g/mol. The molecule has 1 amide bonds. The van der Waals surface area contributed by atoms with Gasteiger partial charge in [-0.1, -0.05) is 66.7 Å². The molecule has 0 bridgehead atoms. The summed E-state index contributed by atoms with van der Waals surface area (Å²) < 4.78 is 1.53. The molecule has 0 aliphatic carbocycles. The first kappa shape index (κ1) is 21.6. The number of aromatic amines is 1. The largest absolute Gasteiger partial charge is 0.394 e. The van der Waals surface area contributed by atoms with Gasteiger partial charge in [0.2, 0.25) is 0 Å². The summed E-state index contributed by atoms with van der Waals surface area (Å²) in [5.41, 5.74) is 3.65. The quantitative estimate of drug-likeness (QED) is 0.376. The van der Waals surface area contributed by atoms with Crippen molar-refractivity contribution in [3.05, 3.63) is 106 Å². The van der Waals surface area contributed by atoms with Crippen LogP contribution in [0.1, 0.15) is 33.4 Å². The van der Waals surface area contributed by atoms with Gasteiger partial charge in [-0.2, -0.15) is 5.10 Å². The molecule has 0 aliphatic rings. The second-order valence-corrected chi connectivity index (χ2v) is 8.33. The Kier molecular flexibility index (Phi) is 5.47. The summed E-state index contributed by atoms with van der Waals surface area (Å²) >= 11 is 0. The van der Waals surface area contributed by atoms with Gasteiger partial charge in [0.25, 0.3) is 11.5 Å². The Bertz CT molecular complexity index is 1580. The SMILES string of the molecule is Cc1c(C(=O)N[C@@H](CO)c2ccccc2)nn2c(C)c(-c3ccc4ccccc4c3)[nH]c(=O)c12. The maximum Gasteiger partial charge on any atom is 0.274 e. The number of aliphatic hydroxyl groups excluding tert-OH is 1. The van der Waals surface area contributed by atoms with E-state index in [1.54, 1.807) is 6.92 Å². The predicted molar refractivity (Wildman–Crippen MR) is 132 cm³/mol. The Balaban J connectivity index is 1.57. The van der Waals surface area contributed by atoms with E-state index in [4.69, 9.17) is 0 Å². The van der Waals surface area contributed by atoms with E-state index in [-0.39, 0.29) is 17.9 Å². The third-order valence-electron chi connectivity index (χ3n) is 6.20. The summed E-state index contributed by atoms with van der Waals surface area (Å²) in [6, 6.07) is 22.7. The van der Waals surface area contributed by atoms with Crippen molar-refractivity contribution in [3.63, 3.8) is 0 Å². The molecule has 170 valence electrons. The number of hydrogen-bond donors (Lipinski definition) is 3. The molecule has 0 radical (unpaired) electrons. The van der Waals surface area contributed by atoms with E-state index >= 15 is 0 Å². The number of rotatable bonds is 5. The van der Waals surface area contributed by atoms with Crippen LogP contribution in [-0.4, -0.2) is 32.2 Å². The van der Waals surface area contributed by atoms with Gasteiger partial charge in [-0.3, -0.25) is 9.59 Å². The molecule has 1 atom stereocenters. The van der Waals surface area contributed by atoms with Crippen LogP contribution >= 0.6 is 0 Å². The van der Waals surface area contributed by atoms with Gasteiger partial charge in [0.05, 0.1) is 24.0 Å². The lowest BCUT2D eigenvalue weighted by Gasteiger charge is -2.16. The molecule has 34 heavy (non-hydrogen) atoms. The third kappa shape index (κ3) is 3.66. The van der Waals surface area contributed by atoms with Gasteiger partial charge >= 0.3 is 0 Å². The molecule has 7 heteroatoms. The topological polar surface area (TPSA) is 99.5 Å². The van der Waals surface area contributed by atoms with Gasteiger partial charge < -0.3 is 15.4 Å². The van der Waals surface area contributed by atoms with Crippen molar-refractivity contribution in [3.8, 4) is 11.3 Å². The molecule has 0 fully saturated rings. The number of H-pyrrole nitrogens is 1. The van der Waals surface area contributed by atoms with Crippen LogP contribution in [-0.2, 0) is 0 Å². The van der Waals surface area contributed by atoms with Crippen molar-refractivity contribution >= 4 is 22.2 Å². The number of fused-ring (bicyclic) bond motifs is 2. The highest BCUT2D eigenvalue weighted by molar-refractivity contribution is 5.96. The van der Waals surface area contributed by atoms with E-state index in [0.717, 1.165) is 21.9 Å². The van der Waals surface area contributed by atoms with E-state index in [2.05, 4.69) is 15.4 Å². The first-order chi connectivity index (χ1) is 16.5. The Morgan fingerprint density at radius 1 is 1.03 bits per heavy atom. The first-order valence-electron chi connectivity index (χ1n) is 11.1. The van der Waals surface area contributed by atoms with E-state index < -0.39 is 11.9 Å². The van der Waals surface area contributed by atoms with Crippen LogP contribution in [0.25, 0.3) is 27.5 Å². The van der Waals surface area contributed by atoms with Crippen molar-refractivity contribution in [1.29, 1.82) is 0 Å². The Labute approximate surface area is 195 Å². The summed E-state index contributed by atoms with van der Waals surface area (Å²) in [6.07, 6.45) is 0. The number of nitrogens with zero attached hydrogens (tertiary/aromatic N) is 2. The predicted octanol–water partition coefficient (Wildman–Crippen LogP) is 3.92. The Hall–Kier alpha value is -4.23. The highest BCUT2D eigenvalue weighted by Crippen LogP contribution is 2.26. The highest BCUT2D eigenvalue weighted by atomic mass is 16.3. The maximum atomic E-state index is 13.1. The fourth-order valence-corrected chi connectivity index (χ4v) is 4.36. The number of aromatic nitrogens is 3. The Morgan fingerprint density at radius 2 is 1.74 bits per heavy atom. The van der Waals surface area contributed by atoms with Crippen LogP contribution in [0.5, 0.6) is 0 Å². The molecule has 2 aromatic heterocycles. The van der Waals surface area contributed by atoms with Gasteiger partial charge in [0.15, 0.2) is 5.69 Å². The molecule has 3 N–H and O–H groups in total. The molecule has 0 unspecified atom stereocenters. The van der Waals surface area contributed by atoms with E-state index in [1.807, 2.05) is 79.7 Å². The van der Waals surface area contributed by atoms with Gasteiger partial charge in [-0.05, 0) is 36.2 Å². The number of nitrogens with one attached hydrogen (secondary N) is 2. The van der Waals surface area contributed by atoms with Crippen molar-refractivity contribution < 1.29 is 9.90 Å². The lowest BCUT2D eigenvalue weighted by atomic mass is 10.0. The number of benzene rings is 3. The van der Waals surface area contributed by atoms with Crippen molar-refractivity contribution in [2.24, 2.45) is 0 Å². The summed E-state index contributed by atoms with van der Waals surface area (Å²) in [7, 11) is 0. The number of amides is 1. The molecule has 0 aliphatic heterocycles. The van der Waals surface area contributed by atoms with Crippen LogP contribution in [0, 0.1) is 13.8 Å². The molecular weight excluding hydrogens is 428 g/mol. The fraction of sp³-hybridized carbons (Fsp3) is 0.148. The minimum absolute atomic E-state index is 0.152. The van der Waals surface area contributed by atoms with Gasteiger partial charge in [0.1, 0.15) is 5.52 Å². The average Bonchev–Trinajstić information content (AvgIpc) is 3.23. The van der Waals surface area contributed by atoms with E-state index in [1.165, 1.54) is 4.52 Å². The molecule has 0 saturated heterocycles. The number of aryl methyl sites for hydroxylation is 2. The average molecular weight is 453 g/mol. The van der Waals surface area contributed by atoms with Crippen molar-refractivity contribution in [2.45, 2.75) is 19.9 Å². The maximum absolute atomic E-state index is 13.1. The van der Waals surface area contributed by atoms with E-state index in [0.29, 0.717) is 22.5 Å². The summed E-state index contributed by atoms with van der Waals surface area (Å²) in [6.45, 7) is 3.31. The zero-order valence-electron chi connectivity index (χ0n) is 18.9. The molecular formula is C27H24N4O3. The lowest BCUT2D eigenvalue weighted by molar-refractivity contribution is 0.0910. The molecule has 0 saturated carbocycles. The second-order valence-electron chi connectivity index (χ2n) is 8.33. The Morgan fingerprint density at radius 3 is 2.47 bits per heavy atom. The fourth-order valence-electron chi connectivity index (χ4n) is 4.36. The molecule has 5 rings (SSSR count). The van der Waals surface area contributed by atoms with Crippen LogP contribution in [0.4, 0.5) is 0 Å². The third-order valence-corrected chi connectivity index (χ3v) is 6.20. The van der Waals surface area contributed by atoms with Crippen LogP contribution < -0.4 is 10.9 Å². The highest BCUT2D eigenvalue weighted by Gasteiger charge is 2.23. The molecule has 3 aromatic carbocycles. The van der Waals surface area contributed by atoms with Crippen molar-refractivity contribution in [1.82, 2.24) is 19.9 Å². The molecule has 5 aromatic rings. The first-order valence-corrected chi connectivity index (χ1v) is 11.1. The van der Waals surface area contributed by atoms with Crippen LogP contribution in [0.3, 0.4) is 0 Å². The summed E-state index contributed by atoms with van der Waals surface area (Å²) in [4.78, 5) is 29.1. The standard InChI is InChI=1S/C27H24N4O3/c1-16-23(26(33)28-22(15-32)19-9-4-3-5-10-19)30-31-17(2)24(29-27(34)25(16)31)21-13-12-18-8-6-7-11-20(18)14-21/h3-14,22,32H,15H2,1-2H3,(H,28,33)(H,29,34)/t22-/m0/s1. The zero-order chi connectivity index (χ0) is 23.8. The molecule has 0 spiro atoms. The number of carbonyl (C=O) groups is 1. The smallest absolute Gasteiger partial charge is 0.274 e. The second kappa shape index (κ2) is 8.61. The minimum atomic E-state index is -0.578. The lowest BCUT2D eigenvalue weighted by Crippen LogP contribution is -2.31. The van der Waals surface area contributed by atoms with Crippen LogP contribution in [0.15, 0.2) is 77.6 Å². The summed E-state index contributed by atoms with van der Waals surface area (Å²) in [5.74, 6) is -0.449. The van der Waals surface area contributed by atoms with Crippen molar-refractivity contribution in [2.75, 3.05) is 6.61 Å². The zero-order valence-corrected chi connectivity index (χ0v) is 18.9. The van der Waals surface area contributed by atoms with Gasteiger partial charge in [-0.25, -0.2) is 4.52 Å². The minimum Gasteiger partial charge on any atom is -0.394 e. The molecule has 2 heterocycles. The number of hydrogen-bond acceptors (Lipinski definition) is 4. The van der Waals surface area contributed by atoms with Crippen LogP contribution in [0.2, 0.25) is 0 Å². The summed E-state index contributed by atoms with van der Waals surface area (Å²) in [5, 5.41) is 19.3. The molecule has 7 nitrogen and oxygen atoms in total. The van der Waals surface area contributed by atoms with Gasteiger partial charge in [-0.15, -0.1) is 0 Å². The number of aliphatic hydroxyl groups is 1. The number of carbonyl (C=O) groups excluding carboxylic acids is 1. The van der Waals surface area contributed by atoms with Gasteiger partial charge in [0, 0.05) is 11.1 Å².